The minimum absolute atomic E-state index is 0.0660. The zero-order valence-electron chi connectivity index (χ0n) is 20.4. The third-order valence-corrected chi connectivity index (χ3v) is 8.09. The molecule has 34 heavy (non-hydrogen) atoms. The highest BCUT2D eigenvalue weighted by molar-refractivity contribution is 7.99. The summed E-state index contributed by atoms with van der Waals surface area (Å²) in [5.74, 6) is 1.74. The number of rotatable bonds is 3. The van der Waals surface area contributed by atoms with Gasteiger partial charge in [-0.3, -0.25) is 19.3 Å². The molecule has 2 aromatic rings. The number of hydrogen-bond donors (Lipinski definition) is 0. The molecule has 3 aliphatic heterocycles. The first-order valence-corrected chi connectivity index (χ1v) is 13.5. The summed E-state index contributed by atoms with van der Waals surface area (Å²) in [4.78, 5) is 32.4. The molecule has 0 spiro atoms. The minimum atomic E-state index is -0.586. The summed E-state index contributed by atoms with van der Waals surface area (Å²) in [6.07, 6.45) is 4.27. The lowest BCUT2D eigenvalue weighted by Gasteiger charge is -2.36. The van der Waals surface area contributed by atoms with Gasteiger partial charge in [0.25, 0.3) is 0 Å². The topological polar surface area (TPSA) is 70.9 Å². The van der Waals surface area contributed by atoms with Crippen molar-refractivity contribution >= 4 is 34.7 Å². The Morgan fingerprint density at radius 2 is 1.85 bits per heavy atom. The van der Waals surface area contributed by atoms with E-state index in [0.29, 0.717) is 24.9 Å². The van der Waals surface area contributed by atoms with Crippen molar-refractivity contribution in [1.82, 2.24) is 24.5 Å². The van der Waals surface area contributed by atoms with Gasteiger partial charge in [0.05, 0.1) is 23.6 Å². The molecule has 4 heterocycles. The third-order valence-electron chi connectivity index (χ3n) is 7.12. The quantitative estimate of drug-likeness (QED) is 0.662. The molecule has 184 valence electrons. The zero-order valence-corrected chi connectivity index (χ0v) is 21.2. The van der Waals surface area contributed by atoms with Crippen molar-refractivity contribution in [1.29, 1.82) is 0 Å². The second kappa shape index (κ2) is 9.41. The molecule has 0 saturated carbocycles. The van der Waals surface area contributed by atoms with Gasteiger partial charge in [-0.1, -0.05) is 18.2 Å². The van der Waals surface area contributed by atoms with Crippen LogP contribution in [0.5, 0.6) is 0 Å². The fraction of sp³-hybridized carbons (Fsp3) is 0.640. The van der Waals surface area contributed by atoms with E-state index < -0.39 is 11.6 Å². The number of piperidine rings is 1. The average Bonchev–Trinajstić information content (AvgIpc) is 3.57. The van der Waals surface area contributed by atoms with E-state index in [2.05, 4.69) is 32.9 Å². The van der Waals surface area contributed by atoms with Gasteiger partial charge in [0.2, 0.25) is 5.91 Å². The zero-order chi connectivity index (χ0) is 23.9. The molecule has 2 atom stereocenters. The molecular formula is C25H35N5O3S. The van der Waals surface area contributed by atoms with Crippen molar-refractivity contribution in [2.45, 2.75) is 63.8 Å². The number of benzene rings is 1. The molecule has 3 fully saturated rings. The van der Waals surface area contributed by atoms with E-state index in [4.69, 9.17) is 4.74 Å². The first-order valence-electron chi connectivity index (χ1n) is 12.3. The predicted molar refractivity (Wildman–Crippen MR) is 134 cm³/mol. The van der Waals surface area contributed by atoms with Gasteiger partial charge in [0.15, 0.2) is 0 Å². The summed E-state index contributed by atoms with van der Waals surface area (Å²) in [5.41, 5.74) is 0.601. The maximum Gasteiger partial charge on any atom is 0.411 e. The van der Waals surface area contributed by atoms with Gasteiger partial charge >= 0.3 is 6.09 Å². The number of carbonyl (C=O) groups excluding carboxylic acids is 2. The highest BCUT2D eigenvalue weighted by Crippen LogP contribution is 2.32. The van der Waals surface area contributed by atoms with Crippen LogP contribution in [0.15, 0.2) is 30.5 Å². The van der Waals surface area contributed by atoms with Gasteiger partial charge in [0, 0.05) is 43.4 Å². The molecule has 2 amide bonds. The molecule has 0 aliphatic carbocycles. The summed E-state index contributed by atoms with van der Waals surface area (Å²) in [6.45, 7) is 8.79. The van der Waals surface area contributed by atoms with Gasteiger partial charge in [0.1, 0.15) is 11.6 Å². The Kier molecular flexibility index (Phi) is 6.50. The van der Waals surface area contributed by atoms with Crippen LogP contribution in [0.25, 0.3) is 10.9 Å². The maximum absolute atomic E-state index is 13.3. The van der Waals surface area contributed by atoms with Crippen molar-refractivity contribution in [3.05, 3.63) is 30.5 Å². The first-order chi connectivity index (χ1) is 16.3. The normalized spacial score (nSPS) is 24.8. The Bertz CT molecular complexity index is 1040. The molecule has 0 radical (unpaired) electrons. The number of hydrogen-bond acceptors (Lipinski definition) is 6. The van der Waals surface area contributed by atoms with Crippen LogP contribution < -0.4 is 0 Å². The number of nitrogens with zero attached hydrogens (tertiary/aromatic N) is 5. The fourth-order valence-corrected chi connectivity index (χ4v) is 6.37. The van der Waals surface area contributed by atoms with Crippen molar-refractivity contribution in [3.63, 3.8) is 0 Å². The molecule has 5 rings (SSSR count). The number of carbonyl (C=O) groups is 2. The summed E-state index contributed by atoms with van der Waals surface area (Å²) >= 11 is 1.77. The Morgan fingerprint density at radius 1 is 1.09 bits per heavy atom. The lowest BCUT2D eigenvalue weighted by atomic mass is 10.0. The van der Waals surface area contributed by atoms with Crippen LogP contribution in [-0.2, 0) is 9.53 Å². The van der Waals surface area contributed by atoms with Crippen molar-refractivity contribution < 1.29 is 14.3 Å². The van der Waals surface area contributed by atoms with Crippen molar-refractivity contribution in [2.24, 2.45) is 0 Å². The molecule has 3 aliphatic rings. The molecule has 0 N–H and O–H groups in total. The molecule has 8 nitrogen and oxygen atoms in total. The molecular weight excluding hydrogens is 450 g/mol. The number of likely N-dealkylation sites (tertiary alicyclic amines) is 2. The van der Waals surface area contributed by atoms with Gasteiger partial charge < -0.3 is 9.64 Å². The second-order valence-electron chi connectivity index (χ2n) is 10.6. The summed E-state index contributed by atoms with van der Waals surface area (Å²) in [5, 5.41) is 5.84. The van der Waals surface area contributed by atoms with Crippen LogP contribution in [0.2, 0.25) is 0 Å². The summed E-state index contributed by atoms with van der Waals surface area (Å²) in [7, 11) is 0. The fourth-order valence-electron chi connectivity index (χ4n) is 5.41. The average molecular weight is 486 g/mol. The van der Waals surface area contributed by atoms with E-state index >= 15 is 0 Å². The molecule has 1 aromatic heterocycles. The third kappa shape index (κ3) is 4.77. The summed E-state index contributed by atoms with van der Waals surface area (Å²) in [6, 6.07) is 8.46. The lowest BCUT2D eigenvalue weighted by molar-refractivity contribution is -0.134. The number of fused-ring (bicyclic) bond motifs is 1. The minimum Gasteiger partial charge on any atom is -0.444 e. The number of para-hydroxylation sites is 1. The number of amides is 2. The van der Waals surface area contributed by atoms with Crippen LogP contribution in [0.1, 0.15) is 46.1 Å². The Hall–Kier alpha value is -2.26. The van der Waals surface area contributed by atoms with E-state index in [0.717, 1.165) is 38.2 Å². The number of ether oxygens (including phenoxy) is 1. The number of aromatic nitrogens is 2. The van der Waals surface area contributed by atoms with Crippen LogP contribution in [0, 0.1) is 0 Å². The predicted octanol–water partition coefficient (Wildman–Crippen LogP) is 3.58. The lowest BCUT2D eigenvalue weighted by Crippen LogP contribution is -2.48. The molecule has 9 heteroatoms. The first kappa shape index (κ1) is 23.5. The number of thioether (sulfide) groups is 1. The maximum atomic E-state index is 13.3. The highest BCUT2D eigenvalue weighted by Gasteiger charge is 2.45. The van der Waals surface area contributed by atoms with E-state index in [9.17, 15) is 9.59 Å². The monoisotopic (exact) mass is 485 g/mol. The van der Waals surface area contributed by atoms with Crippen molar-refractivity contribution in [2.75, 3.05) is 37.8 Å². The largest absolute Gasteiger partial charge is 0.444 e. The van der Waals surface area contributed by atoms with Gasteiger partial charge in [-0.2, -0.15) is 5.10 Å². The van der Waals surface area contributed by atoms with Crippen LogP contribution in [0.3, 0.4) is 0 Å². The van der Waals surface area contributed by atoms with E-state index in [-0.39, 0.29) is 18.0 Å². The standard InChI is InChI=1S/C25H35N5O3S/c1-25(2,3)33-24(32)29-16-20(14-22(29)23(31)28-12-13-34-17-28)27-10-8-19(9-11-27)30-21-7-5-4-6-18(21)15-26-30/h4-7,15,19-20,22H,8-14,16-17H2,1-3H3/t20-,22-/m0/s1. The highest BCUT2D eigenvalue weighted by atomic mass is 32.2. The van der Waals surface area contributed by atoms with E-state index in [1.807, 2.05) is 37.9 Å². The SMILES string of the molecule is CC(C)(C)OC(=O)N1C[C@@H](N2CCC(n3ncc4ccccc43)CC2)C[C@H]1C(=O)N1CCSC1. The molecule has 3 saturated heterocycles. The second-order valence-corrected chi connectivity index (χ2v) is 11.7. The molecule has 1 aromatic carbocycles. The van der Waals surface area contributed by atoms with Gasteiger partial charge in [-0.05, 0) is 46.1 Å². The summed E-state index contributed by atoms with van der Waals surface area (Å²) < 4.78 is 7.86. The van der Waals surface area contributed by atoms with Crippen LogP contribution >= 0.6 is 11.8 Å². The molecule has 0 bridgehead atoms. The Labute approximate surface area is 205 Å². The molecule has 0 unspecified atom stereocenters. The smallest absolute Gasteiger partial charge is 0.411 e. The van der Waals surface area contributed by atoms with E-state index in [1.165, 1.54) is 10.9 Å². The van der Waals surface area contributed by atoms with Gasteiger partial charge in [-0.15, -0.1) is 11.8 Å². The van der Waals surface area contributed by atoms with E-state index in [1.54, 1.807) is 16.7 Å². The van der Waals surface area contributed by atoms with Gasteiger partial charge in [-0.25, -0.2) is 4.79 Å². The Morgan fingerprint density at radius 3 is 2.56 bits per heavy atom. The van der Waals surface area contributed by atoms with Crippen LogP contribution in [-0.4, -0.2) is 92.0 Å². The van der Waals surface area contributed by atoms with Crippen molar-refractivity contribution in [3.8, 4) is 0 Å². The van der Waals surface area contributed by atoms with Crippen LogP contribution in [0.4, 0.5) is 4.79 Å². The Balaban J connectivity index is 1.27.